The number of para-hydroxylation sites is 2. The molecule has 0 aliphatic carbocycles. The Balaban J connectivity index is 1.27. The highest BCUT2D eigenvalue weighted by Gasteiger charge is 2.17. The fourth-order valence-corrected chi connectivity index (χ4v) is 3.14. The Labute approximate surface area is 135 Å². The maximum atomic E-state index is 4.67. The number of imidazole rings is 1. The molecule has 23 heavy (non-hydrogen) atoms. The first-order valence-corrected chi connectivity index (χ1v) is 8.22. The molecule has 3 aromatic rings. The lowest BCUT2D eigenvalue weighted by Gasteiger charge is -2.34. The van der Waals surface area contributed by atoms with Gasteiger partial charge in [-0.2, -0.15) is 5.10 Å². The molecule has 0 bridgehead atoms. The van der Waals surface area contributed by atoms with Gasteiger partial charge < -0.3 is 4.98 Å². The molecule has 1 aromatic carbocycles. The van der Waals surface area contributed by atoms with Crippen LogP contribution in [0.4, 0.5) is 0 Å². The molecule has 1 saturated heterocycles. The van der Waals surface area contributed by atoms with Crippen molar-refractivity contribution in [1.82, 2.24) is 29.5 Å². The number of nitrogens with one attached hydrogen (secondary N) is 1. The number of aromatic nitrogens is 4. The van der Waals surface area contributed by atoms with E-state index in [1.165, 1.54) is 0 Å². The minimum Gasteiger partial charge on any atom is -0.341 e. The molecule has 6 nitrogen and oxygen atoms in total. The molecular formula is C17H22N6. The molecule has 4 rings (SSSR count). The van der Waals surface area contributed by atoms with E-state index in [9.17, 15) is 0 Å². The molecular weight excluding hydrogens is 288 g/mol. The molecule has 120 valence electrons. The van der Waals surface area contributed by atoms with E-state index in [1.807, 2.05) is 35.3 Å². The second-order valence-corrected chi connectivity index (χ2v) is 6.09. The molecule has 2 aromatic heterocycles. The van der Waals surface area contributed by atoms with Crippen LogP contribution in [0.3, 0.4) is 0 Å². The van der Waals surface area contributed by atoms with Crippen LogP contribution in [0.1, 0.15) is 5.82 Å². The van der Waals surface area contributed by atoms with Gasteiger partial charge in [-0.15, -0.1) is 0 Å². The van der Waals surface area contributed by atoms with E-state index in [1.54, 1.807) is 0 Å². The van der Waals surface area contributed by atoms with Crippen molar-refractivity contribution >= 4 is 11.0 Å². The Kier molecular flexibility index (Phi) is 4.08. The fraction of sp³-hybridized carbons (Fsp3) is 0.412. The summed E-state index contributed by atoms with van der Waals surface area (Å²) in [7, 11) is 0. The number of H-pyrrole nitrogens is 1. The van der Waals surface area contributed by atoms with Crippen LogP contribution in [-0.4, -0.2) is 62.3 Å². The summed E-state index contributed by atoms with van der Waals surface area (Å²) in [4.78, 5) is 13.1. The highest BCUT2D eigenvalue weighted by Crippen LogP contribution is 2.12. The Hall–Kier alpha value is -2.18. The number of nitrogens with zero attached hydrogens (tertiary/aromatic N) is 5. The van der Waals surface area contributed by atoms with Gasteiger partial charge in [0.05, 0.1) is 24.1 Å². The third kappa shape index (κ3) is 3.43. The Morgan fingerprint density at radius 3 is 2.57 bits per heavy atom. The number of hydrogen-bond donors (Lipinski definition) is 1. The highest BCUT2D eigenvalue weighted by atomic mass is 15.3. The molecule has 3 heterocycles. The van der Waals surface area contributed by atoms with Gasteiger partial charge >= 0.3 is 0 Å². The zero-order valence-electron chi connectivity index (χ0n) is 13.2. The van der Waals surface area contributed by atoms with E-state index in [-0.39, 0.29) is 0 Å². The lowest BCUT2D eigenvalue weighted by Crippen LogP contribution is -2.46. The van der Waals surface area contributed by atoms with Gasteiger partial charge in [0.2, 0.25) is 0 Å². The molecule has 0 atom stereocenters. The van der Waals surface area contributed by atoms with Crippen molar-refractivity contribution in [3.8, 4) is 0 Å². The van der Waals surface area contributed by atoms with Crippen LogP contribution in [0.5, 0.6) is 0 Å². The van der Waals surface area contributed by atoms with Crippen molar-refractivity contribution in [2.24, 2.45) is 0 Å². The van der Waals surface area contributed by atoms with Crippen LogP contribution < -0.4 is 0 Å². The molecule has 6 heteroatoms. The van der Waals surface area contributed by atoms with Crippen molar-refractivity contribution in [3.63, 3.8) is 0 Å². The molecule has 1 aliphatic heterocycles. The van der Waals surface area contributed by atoms with Gasteiger partial charge in [-0.1, -0.05) is 12.1 Å². The van der Waals surface area contributed by atoms with Gasteiger partial charge in [-0.25, -0.2) is 4.98 Å². The van der Waals surface area contributed by atoms with Gasteiger partial charge in [0.25, 0.3) is 0 Å². The van der Waals surface area contributed by atoms with Crippen LogP contribution in [-0.2, 0) is 13.1 Å². The predicted molar refractivity (Wildman–Crippen MR) is 90.0 cm³/mol. The predicted octanol–water partition coefficient (Wildman–Crippen LogP) is 1.58. The average Bonchev–Trinajstić information content (AvgIpc) is 3.23. The molecule has 1 aliphatic rings. The first kappa shape index (κ1) is 14.4. The third-order valence-corrected chi connectivity index (χ3v) is 4.48. The maximum Gasteiger partial charge on any atom is 0.121 e. The highest BCUT2D eigenvalue weighted by molar-refractivity contribution is 5.74. The minimum absolute atomic E-state index is 0.904. The van der Waals surface area contributed by atoms with Crippen molar-refractivity contribution < 1.29 is 0 Å². The molecule has 1 fully saturated rings. The van der Waals surface area contributed by atoms with Gasteiger partial charge in [0.15, 0.2) is 0 Å². The normalized spacial score (nSPS) is 17.0. The largest absolute Gasteiger partial charge is 0.341 e. The topological polar surface area (TPSA) is 53.0 Å². The van der Waals surface area contributed by atoms with Crippen LogP contribution in [0.25, 0.3) is 11.0 Å². The van der Waals surface area contributed by atoms with Crippen molar-refractivity contribution in [1.29, 1.82) is 0 Å². The summed E-state index contributed by atoms with van der Waals surface area (Å²) < 4.78 is 2.00. The van der Waals surface area contributed by atoms with Crippen LogP contribution >= 0.6 is 0 Å². The maximum absolute atomic E-state index is 4.67. The Morgan fingerprint density at radius 2 is 1.78 bits per heavy atom. The lowest BCUT2D eigenvalue weighted by atomic mass is 10.3. The van der Waals surface area contributed by atoms with E-state index in [4.69, 9.17) is 0 Å². The summed E-state index contributed by atoms with van der Waals surface area (Å²) in [6.07, 6.45) is 3.86. The van der Waals surface area contributed by atoms with Crippen LogP contribution in [0.2, 0.25) is 0 Å². The first-order chi connectivity index (χ1) is 11.4. The molecule has 0 spiro atoms. The smallest absolute Gasteiger partial charge is 0.121 e. The number of aromatic amines is 1. The SMILES string of the molecule is c1ccc2[nH]c(CN3CCN(CCn4cccn4)CC3)nc2c1. The molecule has 0 amide bonds. The fourth-order valence-electron chi connectivity index (χ4n) is 3.14. The number of hydrogen-bond acceptors (Lipinski definition) is 4. The van der Waals surface area contributed by atoms with Crippen LogP contribution in [0, 0.1) is 0 Å². The van der Waals surface area contributed by atoms with Crippen molar-refractivity contribution in [3.05, 3.63) is 48.5 Å². The second kappa shape index (κ2) is 6.52. The second-order valence-electron chi connectivity index (χ2n) is 6.09. The lowest BCUT2D eigenvalue weighted by molar-refractivity contribution is 0.121. The Morgan fingerprint density at radius 1 is 0.957 bits per heavy atom. The van der Waals surface area contributed by atoms with Gasteiger partial charge in [0.1, 0.15) is 5.82 Å². The van der Waals surface area contributed by atoms with E-state index in [2.05, 4.69) is 37.0 Å². The number of piperazine rings is 1. The minimum atomic E-state index is 0.904. The van der Waals surface area contributed by atoms with Crippen molar-refractivity contribution in [2.75, 3.05) is 32.7 Å². The van der Waals surface area contributed by atoms with E-state index in [0.717, 1.165) is 62.7 Å². The number of fused-ring (bicyclic) bond motifs is 1. The molecule has 0 radical (unpaired) electrons. The number of benzene rings is 1. The van der Waals surface area contributed by atoms with Gasteiger partial charge in [-0.05, 0) is 18.2 Å². The Bertz CT molecular complexity index is 706. The molecule has 0 unspecified atom stereocenters. The zero-order valence-corrected chi connectivity index (χ0v) is 13.2. The third-order valence-electron chi connectivity index (χ3n) is 4.48. The monoisotopic (exact) mass is 310 g/mol. The summed E-state index contributed by atoms with van der Waals surface area (Å²) in [5.74, 6) is 1.07. The van der Waals surface area contributed by atoms with E-state index < -0.39 is 0 Å². The average molecular weight is 310 g/mol. The van der Waals surface area contributed by atoms with Gasteiger partial charge in [-0.3, -0.25) is 14.5 Å². The first-order valence-electron chi connectivity index (χ1n) is 8.22. The van der Waals surface area contributed by atoms with Crippen molar-refractivity contribution in [2.45, 2.75) is 13.1 Å². The summed E-state index contributed by atoms with van der Waals surface area (Å²) >= 11 is 0. The van der Waals surface area contributed by atoms with Crippen LogP contribution in [0.15, 0.2) is 42.7 Å². The summed E-state index contributed by atoms with van der Waals surface area (Å²) in [5, 5.41) is 4.26. The van der Waals surface area contributed by atoms with E-state index >= 15 is 0 Å². The summed E-state index contributed by atoms with van der Waals surface area (Å²) in [6.45, 7) is 7.35. The standard InChI is InChI=1S/C17H22N6/c1-2-5-16-15(4-1)19-17(20-16)14-22-10-8-21(9-11-22)12-13-23-7-3-6-18-23/h1-7H,8-14H2,(H,19,20). The molecule has 0 saturated carbocycles. The zero-order chi connectivity index (χ0) is 15.5. The van der Waals surface area contributed by atoms with E-state index in [0.29, 0.717) is 0 Å². The quantitative estimate of drug-likeness (QED) is 0.777. The summed E-state index contributed by atoms with van der Waals surface area (Å²) in [6, 6.07) is 10.2. The number of rotatable bonds is 5. The summed E-state index contributed by atoms with van der Waals surface area (Å²) in [5.41, 5.74) is 2.18. The molecule has 1 N–H and O–H groups in total. The van der Waals surface area contributed by atoms with Gasteiger partial charge in [0, 0.05) is 45.1 Å².